The summed E-state index contributed by atoms with van der Waals surface area (Å²) in [4.78, 5) is 2.65. The Kier molecular flexibility index (Phi) is 0.195. The molecule has 6 rings (SSSR count). The third-order valence-electron chi connectivity index (χ3n) is 4.94. The minimum absolute atomic E-state index is 0.393. The molecule has 9 heavy (non-hydrogen) atoms. The van der Waals surface area contributed by atoms with E-state index < -0.39 is 0 Å². The van der Waals surface area contributed by atoms with E-state index in [0.29, 0.717) is 5.54 Å². The average molecular weight is 120 g/mol. The zero-order valence-corrected chi connectivity index (χ0v) is 4.99. The van der Waals surface area contributed by atoms with Gasteiger partial charge in [-0.15, -0.1) is 0 Å². The minimum Gasteiger partial charge on any atom is -0.322 e. The van der Waals surface area contributed by atoms with Gasteiger partial charge in [0.2, 0.25) is 0 Å². The van der Waals surface area contributed by atoms with Crippen molar-refractivity contribution in [1.82, 2.24) is 4.90 Å². The summed E-state index contributed by atoms with van der Waals surface area (Å²) in [5.74, 6) is 3.22. The van der Waals surface area contributed by atoms with Crippen LogP contribution in [0, 0.1) is 17.8 Å². The third-order valence-corrected chi connectivity index (χ3v) is 4.94. The van der Waals surface area contributed by atoms with Crippen LogP contribution in [0.3, 0.4) is 0 Å². The van der Waals surface area contributed by atoms with Crippen molar-refractivity contribution >= 4 is 0 Å². The largest absolute Gasteiger partial charge is 0.322 e. The molecular weight excluding hydrogens is 112 g/mol. The molecule has 2 N–H and O–H groups in total. The highest BCUT2D eigenvalue weighted by atomic mass is 15.6. The molecule has 0 radical (unpaired) electrons. The summed E-state index contributed by atoms with van der Waals surface area (Å²) in [6, 6.07) is 2.85. The van der Waals surface area contributed by atoms with Crippen molar-refractivity contribution in [3.63, 3.8) is 0 Å². The smallest absolute Gasteiger partial charge is 0.0513 e. The number of rotatable bonds is 0. The first-order chi connectivity index (χ1) is 4.37. The fourth-order valence-corrected chi connectivity index (χ4v) is 4.79. The molecule has 3 aliphatic heterocycles. The van der Waals surface area contributed by atoms with Crippen molar-refractivity contribution in [2.75, 3.05) is 0 Å². The molecular formula is C7H8N2. The summed E-state index contributed by atoms with van der Waals surface area (Å²) in [7, 11) is 0. The monoisotopic (exact) mass is 120 g/mol. The zero-order valence-electron chi connectivity index (χ0n) is 4.99. The minimum atomic E-state index is 0.393. The molecule has 3 saturated heterocycles. The van der Waals surface area contributed by atoms with E-state index in [0.717, 1.165) is 35.9 Å². The molecule has 46 valence electrons. The molecule has 0 aromatic rings. The van der Waals surface area contributed by atoms with E-state index >= 15 is 0 Å². The highest BCUT2D eigenvalue weighted by Crippen LogP contribution is 2.90. The van der Waals surface area contributed by atoms with Gasteiger partial charge in [-0.3, -0.25) is 4.90 Å². The Morgan fingerprint density at radius 2 is 1.89 bits per heavy atom. The number of hydrogen-bond donors (Lipinski definition) is 1. The SMILES string of the molecule is NC12C3[C@@H]4C5[C@@H]3[C@@H]1N5[C@@H]42. The maximum Gasteiger partial charge on any atom is 0.0513 e. The van der Waals surface area contributed by atoms with Crippen LogP contribution in [0.15, 0.2) is 0 Å². The topological polar surface area (TPSA) is 29.3 Å². The molecule has 0 spiro atoms. The average Bonchev–Trinajstić information content (AvgIpc) is 1.88. The van der Waals surface area contributed by atoms with Crippen molar-refractivity contribution in [3.05, 3.63) is 0 Å². The van der Waals surface area contributed by atoms with E-state index in [9.17, 15) is 0 Å². The lowest BCUT2D eigenvalue weighted by molar-refractivity contribution is -0.554. The highest BCUT2D eigenvalue weighted by molar-refractivity contribution is 5.58. The molecule has 6 fully saturated rings. The standard InChI is InChI=1S/C7H8N2/c8-7-3-1-4-2(3)6(7)9(4)5(1)7/h1-6H,8H2/t1-,2-,3?,4?,5+,6+,7?/m1/s1. The van der Waals surface area contributed by atoms with Gasteiger partial charge in [0.05, 0.1) is 5.54 Å². The maximum absolute atomic E-state index is 6.14. The fraction of sp³-hybridized carbons (Fsp3) is 1.00. The number of nitrogens with two attached hydrogens (primary N) is 1. The van der Waals surface area contributed by atoms with Crippen molar-refractivity contribution in [2.24, 2.45) is 23.5 Å². The second kappa shape index (κ2) is 0.523. The second-order valence-electron chi connectivity index (χ2n) is 4.51. The molecule has 2 heteroatoms. The number of piperidine rings is 12. The van der Waals surface area contributed by atoms with E-state index in [4.69, 9.17) is 5.73 Å². The summed E-state index contributed by atoms with van der Waals surface area (Å²) in [5.41, 5.74) is 6.53. The Bertz CT molecular complexity index is 209. The Labute approximate surface area is 53.0 Å². The Morgan fingerprint density at radius 1 is 1.22 bits per heavy atom. The predicted molar refractivity (Wildman–Crippen MR) is 30.6 cm³/mol. The Hall–Kier alpha value is -0.0800. The lowest BCUT2D eigenvalue weighted by atomic mass is 9.13. The van der Waals surface area contributed by atoms with Crippen molar-refractivity contribution < 1.29 is 0 Å². The molecule has 0 amide bonds. The van der Waals surface area contributed by atoms with Crippen LogP contribution in [0.25, 0.3) is 0 Å². The zero-order chi connectivity index (χ0) is 5.54. The molecule has 3 aliphatic carbocycles. The van der Waals surface area contributed by atoms with Crippen LogP contribution in [-0.4, -0.2) is 28.6 Å². The molecule has 0 aromatic carbocycles. The summed E-state index contributed by atoms with van der Waals surface area (Å²) in [6.07, 6.45) is 0. The number of hydrogen-bond acceptors (Lipinski definition) is 2. The van der Waals surface area contributed by atoms with Gasteiger partial charge in [-0.25, -0.2) is 0 Å². The first kappa shape index (κ1) is 3.35. The van der Waals surface area contributed by atoms with Crippen molar-refractivity contribution in [2.45, 2.75) is 23.7 Å². The molecule has 6 aliphatic rings. The van der Waals surface area contributed by atoms with Gasteiger partial charge in [-0.1, -0.05) is 0 Å². The van der Waals surface area contributed by atoms with Gasteiger partial charge in [-0.05, 0) is 17.8 Å². The molecule has 4 atom stereocenters. The van der Waals surface area contributed by atoms with Crippen LogP contribution in [0.4, 0.5) is 0 Å². The summed E-state index contributed by atoms with van der Waals surface area (Å²) in [6.45, 7) is 0. The van der Waals surface area contributed by atoms with Gasteiger partial charge in [0.25, 0.3) is 0 Å². The van der Waals surface area contributed by atoms with Crippen LogP contribution in [0.1, 0.15) is 0 Å². The van der Waals surface area contributed by atoms with Crippen molar-refractivity contribution in [3.8, 4) is 0 Å². The normalized spacial score (nSPS) is 99.7. The first-order valence-electron chi connectivity index (χ1n) is 3.93. The number of nitrogens with zero attached hydrogens (tertiary/aromatic N) is 1. The van der Waals surface area contributed by atoms with E-state index in [2.05, 4.69) is 4.90 Å². The Balaban J connectivity index is 1.93. The highest BCUT2D eigenvalue weighted by Gasteiger charge is 3.03. The summed E-state index contributed by atoms with van der Waals surface area (Å²) >= 11 is 0. The van der Waals surface area contributed by atoms with Gasteiger partial charge in [0, 0.05) is 18.1 Å². The summed E-state index contributed by atoms with van der Waals surface area (Å²) in [5, 5.41) is 0. The third kappa shape index (κ3) is 0.0955. The van der Waals surface area contributed by atoms with Gasteiger partial charge in [-0.2, -0.15) is 0 Å². The summed E-state index contributed by atoms with van der Waals surface area (Å²) < 4.78 is 0. The molecule has 0 aromatic heterocycles. The predicted octanol–water partition coefficient (Wildman–Crippen LogP) is -0.992. The second-order valence-corrected chi connectivity index (χ2v) is 4.51. The van der Waals surface area contributed by atoms with Crippen LogP contribution in [0.2, 0.25) is 0 Å². The van der Waals surface area contributed by atoms with E-state index in [-0.39, 0.29) is 0 Å². The van der Waals surface area contributed by atoms with Crippen LogP contribution < -0.4 is 5.73 Å². The molecule has 0 unspecified atom stereocenters. The molecule has 0 bridgehead atoms. The van der Waals surface area contributed by atoms with E-state index in [1.54, 1.807) is 0 Å². The van der Waals surface area contributed by atoms with Gasteiger partial charge in [0.15, 0.2) is 0 Å². The van der Waals surface area contributed by atoms with E-state index in [1.807, 2.05) is 0 Å². The molecule has 3 saturated carbocycles. The van der Waals surface area contributed by atoms with Gasteiger partial charge in [0.1, 0.15) is 0 Å². The fourth-order valence-electron chi connectivity index (χ4n) is 4.79. The van der Waals surface area contributed by atoms with Gasteiger partial charge >= 0.3 is 0 Å². The van der Waals surface area contributed by atoms with Crippen LogP contribution in [-0.2, 0) is 0 Å². The quantitative estimate of drug-likeness (QED) is 0.444. The van der Waals surface area contributed by atoms with Gasteiger partial charge < -0.3 is 5.73 Å². The van der Waals surface area contributed by atoms with Crippen molar-refractivity contribution in [1.29, 1.82) is 0 Å². The molecule has 2 nitrogen and oxygen atoms in total. The van der Waals surface area contributed by atoms with Crippen LogP contribution >= 0.6 is 0 Å². The van der Waals surface area contributed by atoms with Crippen LogP contribution in [0.5, 0.6) is 0 Å². The Morgan fingerprint density at radius 3 is 2.11 bits per heavy atom. The molecule has 3 heterocycles. The lowest BCUT2D eigenvalue weighted by Crippen LogP contribution is -3.21. The lowest BCUT2D eigenvalue weighted by Gasteiger charge is -3.07. The first-order valence-corrected chi connectivity index (χ1v) is 3.93. The maximum atomic E-state index is 6.14. The van der Waals surface area contributed by atoms with E-state index in [1.165, 1.54) is 0 Å².